The van der Waals surface area contributed by atoms with Crippen molar-refractivity contribution in [2.45, 2.75) is 26.7 Å². The van der Waals surface area contributed by atoms with E-state index in [0.717, 1.165) is 48.6 Å². The van der Waals surface area contributed by atoms with Crippen molar-refractivity contribution in [2.24, 2.45) is 5.92 Å². The molecule has 1 unspecified atom stereocenters. The molecular weight excluding hydrogens is 290 g/mol. The van der Waals surface area contributed by atoms with Crippen LogP contribution in [0.5, 0.6) is 0 Å². The van der Waals surface area contributed by atoms with Gasteiger partial charge in [0.2, 0.25) is 11.8 Å². The summed E-state index contributed by atoms with van der Waals surface area (Å²) in [5, 5.41) is 3.01. The number of amides is 1. The number of nitrogens with one attached hydrogen (secondary N) is 1. The maximum atomic E-state index is 12.3. The lowest BCUT2D eigenvalue weighted by molar-refractivity contribution is -0.121. The number of benzene rings is 1. The van der Waals surface area contributed by atoms with Crippen LogP contribution in [0.3, 0.4) is 0 Å². The number of aryl methyl sites for hydroxylation is 2. The molecule has 5 heteroatoms. The molecule has 1 atom stereocenters. The minimum Gasteiger partial charge on any atom is -0.441 e. The van der Waals surface area contributed by atoms with Crippen molar-refractivity contribution in [3.63, 3.8) is 0 Å². The second-order valence-electron chi connectivity index (χ2n) is 6.33. The van der Waals surface area contributed by atoms with Gasteiger partial charge in [0.05, 0.1) is 11.6 Å². The first-order valence-electron chi connectivity index (χ1n) is 8.07. The molecule has 23 heavy (non-hydrogen) atoms. The van der Waals surface area contributed by atoms with Crippen molar-refractivity contribution in [3.05, 3.63) is 35.7 Å². The van der Waals surface area contributed by atoms with Crippen LogP contribution in [0.25, 0.3) is 11.5 Å². The number of nitrogens with zero attached hydrogens (tertiary/aromatic N) is 2. The number of carbonyl (C=O) groups is 1. The highest BCUT2D eigenvalue weighted by Gasteiger charge is 2.23. The van der Waals surface area contributed by atoms with Crippen molar-refractivity contribution < 1.29 is 9.21 Å². The summed E-state index contributed by atoms with van der Waals surface area (Å²) in [6.45, 7) is 5.74. The number of aromatic nitrogens is 1. The van der Waals surface area contributed by atoms with E-state index in [9.17, 15) is 4.79 Å². The van der Waals surface area contributed by atoms with Gasteiger partial charge in [-0.1, -0.05) is 0 Å². The highest BCUT2D eigenvalue weighted by Crippen LogP contribution is 2.24. The first-order valence-corrected chi connectivity index (χ1v) is 8.07. The Labute approximate surface area is 136 Å². The third kappa shape index (κ3) is 3.62. The molecule has 0 spiro atoms. The van der Waals surface area contributed by atoms with Gasteiger partial charge in [0.1, 0.15) is 5.76 Å². The molecular formula is C18H23N3O2. The monoisotopic (exact) mass is 313 g/mol. The Morgan fingerprint density at radius 1 is 1.30 bits per heavy atom. The summed E-state index contributed by atoms with van der Waals surface area (Å²) in [6, 6.07) is 7.64. The third-order valence-electron chi connectivity index (χ3n) is 4.42. The minimum absolute atomic E-state index is 0.0745. The first kappa shape index (κ1) is 15.7. The van der Waals surface area contributed by atoms with Crippen LogP contribution in [-0.4, -0.2) is 35.9 Å². The lowest BCUT2D eigenvalue weighted by Gasteiger charge is -2.28. The summed E-state index contributed by atoms with van der Waals surface area (Å²) in [7, 11) is 2.06. The van der Waals surface area contributed by atoms with Crippen LogP contribution in [0.4, 0.5) is 5.69 Å². The molecule has 2 aromatic rings. The third-order valence-corrected chi connectivity index (χ3v) is 4.42. The normalized spacial score (nSPS) is 18.8. The lowest BCUT2D eigenvalue weighted by Crippen LogP contribution is -2.38. The molecule has 1 amide bonds. The average Bonchev–Trinajstić information content (AvgIpc) is 2.87. The topological polar surface area (TPSA) is 58.4 Å². The molecule has 1 aromatic heterocycles. The second kappa shape index (κ2) is 6.54. The highest BCUT2D eigenvalue weighted by atomic mass is 16.4. The van der Waals surface area contributed by atoms with Crippen LogP contribution in [0.1, 0.15) is 24.3 Å². The number of likely N-dealkylation sites (tertiary alicyclic amines) is 1. The summed E-state index contributed by atoms with van der Waals surface area (Å²) in [4.78, 5) is 19.0. The molecule has 2 heterocycles. The molecule has 1 N–H and O–H groups in total. The molecule has 122 valence electrons. The molecule has 1 fully saturated rings. The van der Waals surface area contributed by atoms with E-state index in [1.807, 2.05) is 38.1 Å². The number of rotatable bonds is 3. The highest BCUT2D eigenvalue weighted by molar-refractivity contribution is 5.92. The van der Waals surface area contributed by atoms with Crippen LogP contribution in [0, 0.1) is 19.8 Å². The number of oxazole rings is 1. The second-order valence-corrected chi connectivity index (χ2v) is 6.33. The summed E-state index contributed by atoms with van der Waals surface area (Å²) in [6.07, 6.45) is 2.04. The average molecular weight is 313 g/mol. The van der Waals surface area contributed by atoms with Crippen molar-refractivity contribution >= 4 is 11.6 Å². The standard InChI is InChI=1S/C18H23N3O2/c1-12-13(2)23-18(19-12)14-6-8-16(9-7-14)20-17(22)15-5-4-10-21(3)11-15/h6-9,15H,4-5,10-11H2,1-3H3,(H,20,22). The Morgan fingerprint density at radius 2 is 2.04 bits per heavy atom. The molecule has 1 saturated heterocycles. The van der Waals surface area contributed by atoms with E-state index in [4.69, 9.17) is 4.42 Å². The van der Waals surface area contributed by atoms with Crippen molar-refractivity contribution in [2.75, 3.05) is 25.5 Å². The van der Waals surface area contributed by atoms with Gasteiger partial charge in [-0.25, -0.2) is 4.98 Å². The fraction of sp³-hybridized carbons (Fsp3) is 0.444. The predicted octanol–water partition coefficient (Wildman–Crippen LogP) is 3.24. The first-order chi connectivity index (χ1) is 11.0. The quantitative estimate of drug-likeness (QED) is 0.945. The maximum absolute atomic E-state index is 12.3. The molecule has 5 nitrogen and oxygen atoms in total. The summed E-state index contributed by atoms with van der Waals surface area (Å²) in [5.74, 6) is 1.63. The van der Waals surface area contributed by atoms with Gasteiger partial charge in [-0.2, -0.15) is 0 Å². The van der Waals surface area contributed by atoms with Gasteiger partial charge < -0.3 is 14.6 Å². The van der Waals surface area contributed by atoms with E-state index in [1.165, 1.54) is 0 Å². The summed E-state index contributed by atoms with van der Waals surface area (Å²) >= 11 is 0. The number of anilines is 1. The fourth-order valence-corrected chi connectivity index (χ4v) is 2.92. The molecule has 1 aliphatic heterocycles. The molecule has 3 rings (SSSR count). The molecule has 0 saturated carbocycles. The van der Waals surface area contributed by atoms with Crippen LogP contribution in [0.2, 0.25) is 0 Å². The zero-order valence-electron chi connectivity index (χ0n) is 13.9. The SMILES string of the molecule is Cc1nc(-c2ccc(NC(=O)C3CCCN(C)C3)cc2)oc1C. The maximum Gasteiger partial charge on any atom is 0.228 e. The van der Waals surface area contributed by atoms with Gasteiger partial charge in [0, 0.05) is 17.8 Å². The van der Waals surface area contributed by atoms with E-state index in [0.29, 0.717) is 5.89 Å². The van der Waals surface area contributed by atoms with Gasteiger partial charge in [0.25, 0.3) is 0 Å². The van der Waals surface area contributed by atoms with Gasteiger partial charge in [0.15, 0.2) is 0 Å². The number of hydrogen-bond donors (Lipinski definition) is 1. The molecule has 0 bridgehead atoms. The largest absolute Gasteiger partial charge is 0.441 e. The fourth-order valence-electron chi connectivity index (χ4n) is 2.92. The Hall–Kier alpha value is -2.14. The van der Waals surface area contributed by atoms with Crippen LogP contribution in [-0.2, 0) is 4.79 Å². The van der Waals surface area contributed by atoms with Crippen molar-refractivity contribution in [1.29, 1.82) is 0 Å². The smallest absolute Gasteiger partial charge is 0.228 e. The predicted molar refractivity (Wildman–Crippen MR) is 90.3 cm³/mol. The number of piperidine rings is 1. The number of carbonyl (C=O) groups excluding carboxylic acids is 1. The Bertz CT molecular complexity index is 671. The van der Waals surface area contributed by atoms with E-state index >= 15 is 0 Å². The van der Waals surface area contributed by atoms with E-state index in [-0.39, 0.29) is 11.8 Å². The Balaban J connectivity index is 1.66. The van der Waals surface area contributed by atoms with Gasteiger partial charge in [-0.15, -0.1) is 0 Å². The van der Waals surface area contributed by atoms with Gasteiger partial charge >= 0.3 is 0 Å². The molecule has 0 aliphatic carbocycles. The van der Waals surface area contributed by atoms with Crippen LogP contribution >= 0.6 is 0 Å². The van der Waals surface area contributed by atoms with E-state index in [1.54, 1.807) is 0 Å². The van der Waals surface area contributed by atoms with Gasteiger partial charge in [-0.05, 0) is 64.5 Å². The Kier molecular flexibility index (Phi) is 4.48. The van der Waals surface area contributed by atoms with Crippen LogP contribution in [0.15, 0.2) is 28.7 Å². The minimum atomic E-state index is 0.0745. The zero-order chi connectivity index (χ0) is 16.4. The Morgan fingerprint density at radius 3 is 2.65 bits per heavy atom. The summed E-state index contributed by atoms with van der Waals surface area (Å²) < 4.78 is 5.62. The molecule has 0 radical (unpaired) electrons. The van der Waals surface area contributed by atoms with Crippen molar-refractivity contribution in [1.82, 2.24) is 9.88 Å². The zero-order valence-corrected chi connectivity index (χ0v) is 13.9. The number of hydrogen-bond acceptors (Lipinski definition) is 4. The van der Waals surface area contributed by atoms with Crippen molar-refractivity contribution in [3.8, 4) is 11.5 Å². The molecule has 1 aliphatic rings. The van der Waals surface area contributed by atoms with E-state index < -0.39 is 0 Å². The van der Waals surface area contributed by atoms with Crippen LogP contribution < -0.4 is 5.32 Å². The molecule has 1 aromatic carbocycles. The lowest BCUT2D eigenvalue weighted by atomic mass is 9.97. The van der Waals surface area contributed by atoms with Gasteiger partial charge in [-0.3, -0.25) is 4.79 Å². The summed E-state index contributed by atoms with van der Waals surface area (Å²) in [5.41, 5.74) is 2.63. The van der Waals surface area contributed by atoms with E-state index in [2.05, 4.69) is 22.2 Å².